The van der Waals surface area contributed by atoms with Gasteiger partial charge in [0.2, 0.25) is 0 Å². The van der Waals surface area contributed by atoms with E-state index >= 15 is 0 Å². The van der Waals surface area contributed by atoms with E-state index in [0.717, 1.165) is 6.61 Å². The first kappa shape index (κ1) is 12.0. The maximum Gasteiger partial charge on any atom is 0.0468 e. The summed E-state index contributed by atoms with van der Waals surface area (Å²) in [6, 6.07) is 0. The molecule has 1 aliphatic heterocycles. The Morgan fingerprint density at radius 2 is 2.14 bits per heavy atom. The van der Waals surface area contributed by atoms with Crippen molar-refractivity contribution in [1.82, 2.24) is 4.90 Å². The lowest BCUT2D eigenvalue weighted by Crippen LogP contribution is -2.43. The van der Waals surface area contributed by atoms with Crippen molar-refractivity contribution in [2.24, 2.45) is 5.41 Å². The van der Waals surface area contributed by atoms with Crippen LogP contribution < -0.4 is 0 Å². The minimum Gasteiger partial charge on any atom is -0.385 e. The number of nitrogens with zero attached hydrogens (tertiary/aromatic N) is 1. The van der Waals surface area contributed by atoms with Crippen molar-refractivity contribution >= 4 is 0 Å². The zero-order chi connectivity index (χ0) is 10.4. The highest BCUT2D eigenvalue weighted by Gasteiger charge is 2.32. The van der Waals surface area contributed by atoms with E-state index in [1.54, 1.807) is 0 Å². The van der Waals surface area contributed by atoms with Crippen molar-refractivity contribution < 1.29 is 4.74 Å². The molecule has 0 amide bonds. The van der Waals surface area contributed by atoms with E-state index in [2.05, 4.69) is 18.7 Å². The average Bonchev–Trinajstić information content (AvgIpc) is 2.26. The lowest BCUT2D eigenvalue weighted by molar-refractivity contribution is 0.0517. The SMILES string of the molecule is CCN1CCCC(CC)(CCOC)C1. The highest BCUT2D eigenvalue weighted by Crippen LogP contribution is 2.36. The van der Waals surface area contributed by atoms with Crippen LogP contribution in [0.2, 0.25) is 0 Å². The Kier molecular flexibility index (Phi) is 4.90. The van der Waals surface area contributed by atoms with Gasteiger partial charge in [-0.1, -0.05) is 13.8 Å². The molecule has 0 bridgehead atoms. The molecule has 0 spiro atoms. The largest absolute Gasteiger partial charge is 0.385 e. The van der Waals surface area contributed by atoms with Crippen LogP contribution in [0.3, 0.4) is 0 Å². The maximum absolute atomic E-state index is 5.22. The first-order valence-corrected chi connectivity index (χ1v) is 5.97. The van der Waals surface area contributed by atoms with Crippen LogP contribution in [0.1, 0.15) is 39.5 Å². The third-order valence-corrected chi connectivity index (χ3v) is 3.77. The molecule has 1 saturated heterocycles. The quantitative estimate of drug-likeness (QED) is 0.674. The van der Waals surface area contributed by atoms with Crippen LogP contribution in [0, 0.1) is 5.41 Å². The summed E-state index contributed by atoms with van der Waals surface area (Å²) < 4.78 is 5.22. The zero-order valence-electron chi connectivity index (χ0n) is 10.0. The zero-order valence-corrected chi connectivity index (χ0v) is 10.0. The fraction of sp³-hybridized carbons (Fsp3) is 1.00. The number of piperidine rings is 1. The summed E-state index contributed by atoms with van der Waals surface area (Å²) in [6.45, 7) is 9.30. The topological polar surface area (TPSA) is 12.5 Å². The normalized spacial score (nSPS) is 29.4. The molecule has 0 aromatic heterocycles. The van der Waals surface area contributed by atoms with Gasteiger partial charge >= 0.3 is 0 Å². The summed E-state index contributed by atoms with van der Waals surface area (Å²) in [5.41, 5.74) is 0.546. The Morgan fingerprint density at radius 3 is 2.71 bits per heavy atom. The molecule has 1 rings (SSSR count). The molecule has 0 radical (unpaired) electrons. The third kappa shape index (κ3) is 2.96. The third-order valence-electron chi connectivity index (χ3n) is 3.77. The molecular weight excluding hydrogens is 174 g/mol. The van der Waals surface area contributed by atoms with Crippen molar-refractivity contribution in [3.8, 4) is 0 Å². The van der Waals surface area contributed by atoms with E-state index < -0.39 is 0 Å². The molecule has 0 aromatic carbocycles. The van der Waals surface area contributed by atoms with Gasteiger partial charge in [-0.2, -0.15) is 0 Å². The Bertz CT molecular complexity index is 160. The standard InChI is InChI=1S/C12H25NO/c1-4-12(8-10-14-3)7-6-9-13(5-2)11-12/h4-11H2,1-3H3. The Hall–Kier alpha value is -0.0800. The van der Waals surface area contributed by atoms with Crippen molar-refractivity contribution in [2.75, 3.05) is 33.4 Å². The molecule has 0 N–H and O–H groups in total. The lowest BCUT2D eigenvalue weighted by atomic mass is 9.75. The van der Waals surface area contributed by atoms with Gasteiger partial charge in [-0.05, 0) is 44.2 Å². The van der Waals surface area contributed by atoms with Crippen LogP contribution in [0.4, 0.5) is 0 Å². The molecule has 1 aliphatic rings. The summed E-state index contributed by atoms with van der Waals surface area (Å²) in [5, 5.41) is 0. The van der Waals surface area contributed by atoms with E-state index in [1.165, 1.54) is 45.3 Å². The number of likely N-dealkylation sites (tertiary alicyclic amines) is 1. The fourth-order valence-corrected chi connectivity index (χ4v) is 2.57. The van der Waals surface area contributed by atoms with Crippen LogP contribution in [0.5, 0.6) is 0 Å². The molecule has 14 heavy (non-hydrogen) atoms. The van der Waals surface area contributed by atoms with Gasteiger partial charge in [0, 0.05) is 20.3 Å². The van der Waals surface area contributed by atoms with E-state index in [0.29, 0.717) is 5.41 Å². The second kappa shape index (κ2) is 5.72. The van der Waals surface area contributed by atoms with Crippen molar-refractivity contribution in [3.63, 3.8) is 0 Å². The monoisotopic (exact) mass is 199 g/mol. The molecule has 1 atom stereocenters. The van der Waals surface area contributed by atoms with Crippen molar-refractivity contribution in [1.29, 1.82) is 0 Å². The summed E-state index contributed by atoms with van der Waals surface area (Å²) >= 11 is 0. The summed E-state index contributed by atoms with van der Waals surface area (Å²) in [7, 11) is 1.81. The Balaban J connectivity index is 2.49. The van der Waals surface area contributed by atoms with Gasteiger partial charge < -0.3 is 9.64 Å². The number of hydrogen-bond donors (Lipinski definition) is 0. The van der Waals surface area contributed by atoms with Gasteiger partial charge in [0.05, 0.1) is 0 Å². The molecule has 0 aliphatic carbocycles. The highest BCUT2D eigenvalue weighted by atomic mass is 16.5. The van der Waals surface area contributed by atoms with E-state index in [-0.39, 0.29) is 0 Å². The van der Waals surface area contributed by atoms with Crippen LogP contribution in [0.25, 0.3) is 0 Å². The predicted octanol–water partition coefficient (Wildman–Crippen LogP) is 2.54. The maximum atomic E-state index is 5.22. The molecular formula is C12H25NO. The van der Waals surface area contributed by atoms with E-state index in [4.69, 9.17) is 4.74 Å². The van der Waals surface area contributed by atoms with Gasteiger partial charge in [0.15, 0.2) is 0 Å². The summed E-state index contributed by atoms with van der Waals surface area (Å²) in [4.78, 5) is 2.59. The molecule has 84 valence electrons. The Morgan fingerprint density at radius 1 is 1.36 bits per heavy atom. The van der Waals surface area contributed by atoms with Gasteiger partial charge in [-0.25, -0.2) is 0 Å². The van der Waals surface area contributed by atoms with Crippen molar-refractivity contribution in [3.05, 3.63) is 0 Å². The minimum absolute atomic E-state index is 0.546. The fourth-order valence-electron chi connectivity index (χ4n) is 2.57. The second-order valence-corrected chi connectivity index (χ2v) is 4.57. The van der Waals surface area contributed by atoms with Gasteiger partial charge in [-0.3, -0.25) is 0 Å². The van der Waals surface area contributed by atoms with E-state index in [9.17, 15) is 0 Å². The molecule has 2 heteroatoms. The number of rotatable bonds is 5. The van der Waals surface area contributed by atoms with Crippen molar-refractivity contribution in [2.45, 2.75) is 39.5 Å². The van der Waals surface area contributed by atoms with Gasteiger partial charge in [0.1, 0.15) is 0 Å². The molecule has 1 fully saturated rings. The van der Waals surface area contributed by atoms with Gasteiger partial charge in [0.25, 0.3) is 0 Å². The van der Waals surface area contributed by atoms with E-state index in [1.807, 2.05) is 7.11 Å². The smallest absolute Gasteiger partial charge is 0.0468 e. The minimum atomic E-state index is 0.546. The number of methoxy groups -OCH3 is 1. The van der Waals surface area contributed by atoms with Crippen LogP contribution in [-0.2, 0) is 4.74 Å². The average molecular weight is 199 g/mol. The summed E-state index contributed by atoms with van der Waals surface area (Å²) in [5.74, 6) is 0. The van der Waals surface area contributed by atoms with Gasteiger partial charge in [-0.15, -0.1) is 0 Å². The summed E-state index contributed by atoms with van der Waals surface area (Å²) in [6.07, 6.45) is 5.29. The second-order valence-electron chi connectivity index (χ2n) is 4.57. The van der Waals surface area contributed by atoms with Crippen LogP contribution in [-0.4, -0.2) is 38.3 Å². The van der Waals surface area contributed by atoms with Crippen LogP contribution in [0.15, 0.2) is 0 Å². The Labute approximate surface area is 88.6 Å². The first-order chi connectivity index (χ1) is 6.76. The molecule has 0 saturated carbocycles. The molecule has 1 heterocycles. The predicted molar refractivity (Wildman–Crippen MR) is 60.6 cm³/mol. The first-order valence-electron chi connectivity index (χ1n) is 5.97. The van der Waals surface area contributed by atoms with Crippen LogP contribution >= 0.6 is 0 Å². The number of hydrogen-bond acceptors (Lipinski definition) is 2. The highest BCUT2D eigenvalue weighted by molar-refractivity contribution is 4.85. The molecule has 2 nitrogen and oxygen atoms in total. The molecule has 1 unspecified atom stereocenters. The molecule has 0 aromatic rings. The number of ether oxygens (including phenoxy) is 1. The lowest BCUT2D eigenvalue weighted by Gasteiger charge is -2.42.